The molecule has 2 atom stereocenters. The number of thiophene rings is 1. The van der Waals surface area contributed by atoms with Crippen LogP contribution in [0.4, 0.5) is 0 Å². The van der Waals surface area contributed by atoms with Gasteiger partial charge < -0.3 is 9.88 Å². The summed E-state index contributed by atoms with van der Waals surface area (Å²) in [5.74, 6) is 1.42. The summed E-state index contributed by atoms with van der Waals surface area (Å²) in [7, 11) is 0. The first-order valence-corrected chi connectivity index (χ1v) is 11.0. The molecular formula is C18H25N3OS3. The van der Waals surface area contributed by atoms with Crippen molar-refractivity contribution in [1.29, 1.82) is 0 Å². The minimum absolute atomic E-state index is 0.00765. The van der Waals surface area contributed by atoms with Gasteiger partial charge in [-0.25, -0.2) is 4.98 Å². The van der Waals surface area contributed by atoms with E-state index in [0.29, 0.717) is 5.92 Å². The Morgan fingerprint density at radius 2 is 2.20 bits per heavy atom. The minimum atomic E-state index is 0.00765. The molecule has 4 nitrogen and oxygen atoms in total. The molecule has 3 rings (SSSR count). The van der Waals surface area contributed by atoms with Crippen LogP contribution >= 0.6 is 35.3 Å². The van der Waals surface area contributed by atoms with Crippen molar-refractivity contribution < 1.29 is 0 Å². The lowest BCUT2D eigenvalue weighted by Crippen LogP contribution is -2.27. The van der Waals surface area contributed by atoms with Crippen molar-refractivity contribution >= 4 is 49.9 Å². The molecule has 1 N–H and O–H groups in total. The highest BCUT2D eigenvalue weighted by molar-refractivity contribution is 8.23. The van der Waals surface area contributed by atoms with Crippen LogP contribution in [-0.2, 0) is 12.8 Å². The molecule has 0 amide bonds. The average Bonchev–Trinajstić information content (AvgIpc) is 2.93. The van der Waals surface area contributed by atoms with Crippen LogP contribution in [0.3, 0.4) is 0 Å². The maximum absolute atomic E-state index is 12.7. The van der Waals surface area contributed by atoms with E-state index in [0.717, 1.165) is 52.7 Å². The molecule has 0 spiro atoms. The number of aryl methyl sites for hydroxylation is 1. The molecule has 0 unspecified atom stereocenters. The number of rotatable bonds is 4. The molecule has 0 aliphatic heterocycles. The van der Waals surface area contributed by atoms with Crippen molar-refractivity contribution in [3.05, 3.63) is 26.6 Å². The molecule has 2 heterocycles. The molecule has 0 aromatic carbocycles. The van der Waals surface area contributed by atoms with Crippen LogP contribution in [0.15, 0.2) is 4.79 Å². The zero-order valence-electron chi connectivity index (χ0n) is 15.2. The van der Waals surface area contributed by atoms with E-state index < -0.39 is 0 Å². The van der Waals surface area contributed by atoms with E-state index in [2.05, 4.69) is 37.6 Å². The number of hydrogen-bond donors (Lipinski definition) is 1. The van der Waals surface area contributed by atoms with Crippen LogP contribution in [0.2, 0.25) is 0 Å². The van der Waals surface area contributed by atoms with Gasteiger partial charge in [-0.3, -0.25) is 4.79 Å². The standard InChI is InChI=1S/C18H25N3OS3/c1-5-21(6-2)18(23)24-11(4)15-19-16(22)14-12-8-7-10(3)9-13(12)25-17(14)20-15/h10-11H,5-9H2,1-4H3,(H,19,20,22)/t10-,11+/m0/s1. The smallest absolute Gasteiger partial charge is 0.259 e. The number of hydrogen-bond acceptors (Lipinski definition) is 5. The summed E-state index contributed by atoms with van der Waals surface area (Å²) in [5.41, 5.74) is 1.24. The van der Waals surface area contributed by atoms with Gasteiger partial charge in [-0.15, -0.1) is 11.3 Å². The van der Waals surface area contributed by atoms with Crippen LogP contribution in [-0.4, -0.2) is 32.3 Å². The van der Waals surface area contributed by atoms with Crippen molar-refractivity contribution in [3.8, 4) is 0 Å². The van der Waals surface area contributed by atoms with Crippen LogP contribution in [0.1, 0.15) is 55.6 Å². The summed E-state index contributed by atoms with van der Waals surface area (Å²) in [6.45, 7) is 10.3. The normalized spacial score (nSPS) is 18.2. The van der Waals surface area contributed by atoms with Crippen LogP contribution in [0.25, 0.3) is 10.2 Å². The molecule has 1 aliphatic rings. The van der Waals surface area contributed by atoms with E-state index in [1.807, 2.05) is 0 Å². The van der Waals surface area contributed by atoms with Crippen LogP contribution < -0.4 is 5.56 Å². The van der Waals surface area contributed by atoms with E-state index in [4.69, 9.17) is 17.2 Å². The first-order valence-electron chi connectivity index (χ1n) is 8.94. The maximum Gasteiger partial charge on any atom is 0.259 e. The van der Waals surface area contributed by atoms with Gasteiger partial charge in [-0.05, 0) is 51.5 Å². The largest absolute Gasteiger partial charge is 0.358 e. The van der Waals surface area contributed by atoms with Gasteiger partial charge in [0.1, 0.15) is 15.0 Å². The van der Waals surface area contributed by atoms with Crippen molar-refractivity contribution in [1.82, 2.24) is 14.9 Å². The molecular weight excluding hydrogens is 370 g/mol. The van der Waals surface area contributed by atoms with Gasteiger partial charge in [0.15, 0.2) is 0 Å². The lowest BCUT2D eigenvalue weighted by Gasteiger charge is -2.22. The maximum atomic E-state index is 12.7. The molecule has 1 aliphatic carbocycles. The highest BCUT2D eigenvalue weighted by Crippen LogP contribution is 2.36. The second kappa shape index (κ2) is 7.76. The van der Waals surface area contributed by atoms with Gasteiger partial charge in [0.2, 0.25) is 0 Å². The summed E-state index contributed by atoms with van der Waals surface area (Å²) in [5, 5.41) is 0.849. The fraction of sp³-hybridized carbons (Fsp3) is 0.611. The highest BCUT2D eigenvalue weighted by atomic mass is 32.2. The number of aromatic nitrogens is 2. The van der Waals surface area contributed by atoms with E-state index in [-0.39, 0.29) is 10.8 Å². The lowest BCUT2D eigenvalue weighted by atomic mass is 9.89. The Morgan fingerprint density at radius 1 is 1.48 bits per heavy atom. The van der Waals surface area contributed by atoms with Crippen molar-refractivity contribution in [2.24, 2.45) is 5.92 Å². The van der Waals surface area contributed by atoms with Crippen LogP contribution in [0, 0.1) is 5.92 Å². The zero-order valence-corrected chi connectivity index (χ0v) is 17.7. The minimum Gasteiger partial charge on any atom is -0.358 e. The van der Waals surface area contributed by atoms with E-state index >= 15 is 0 Å². The van der Waals surface area contributed by atoms with E-state index in [1.54, 1.807) is 23.1 Å². The third-order valence-corrected chi connectivity index (χ3v) is 7.60. The van der Waals surface area contributed by atoms with E-state index in [1.165, 1.54) is 10.4 Å². The summed E-state index contributed by atoms with van der Waals surface area (Å²) in [4.78, 5) is 24.9. The van der Waals surface area contributed by atoms with Crippen LogP contribution in [0.5, 0.6) is 0 Å². The Balaban J connectivity index is 1.91. The van der Waals surface area contributed by atoms with Gasteiger partial charge in [-0.1, -0.05) is 30.9 Å². The topological polar surface area (TPSA) is 49.0 Å². The second-order valence-electron chi connectivity index (χ2n) is 6.68. The SMILES string of the molecule is CCN(CC)C(=S)S[C@H](C)c1nc2sc3c(c2c(=O)[nH]1)CC[C@H](C)C3. The molecule has 0 radical (unpaired) electrons. The molecule has 2 aromatic heterocycles. The summed E-state index contributed by atoms with van der Waals surface area (Å²) >= 11 is 8.83. The zero-order chi connectivity index (χ0) is 18.1. The van der Waals surface area contributed by atoms with Crippen molar-refractivity contribution in [2.75, 3.05) is 13.1 Å². The Labute approximate surface area is 162 Å². The number of nitrogens with zero attached hydrogens (tertiary/aromatic N) is 2. The fourth-order valence-electron chi connectivity index (χ4n) is 3.32. The summed E-state index contributed by atoms with van der Waals surface area (Å²) in [6, 6.07) is 0. The van der Waals surface area contributed by atoms with Gasteiger partial charge in [0.25, 0.3) is 5.56 Å². The Hall–Kier alpha value is -0.920. The molecule has 25 heavy (non-hydrogen) atoms. The summed E-state index contributed by atoms with van der Waals surface area (Å²) < 4.78 is 0.861. The lowest BCUT2D eigenvalue weighted by molar-refractivity contribution is 0.482. The fourth-order valence-corrected chi connectivity index (χ4v) is 6.34. The summed E-state index contributed by atoms with van der Waals surface area (Å²) in [6.07, 6.45) is 3.23. The van der Waals surface area contributed by atoms with Gasteiger partial charge in [0, 0.05) is 18.0 Å². The molecule has 0 fully saturated rings. The number of thioether (sulfide) groups is 1. The molecule has 2 aromatic rings. The number of H-pyrrole nitrogens is 1. The molecule has 136 valence electrons. The van der Waals surface area contributed by atoms with E-state index in [9.17, 15) is 4.79 Å². The van der Waals surface area contributed by atoms with Gasteiger partial charge in [-0.2, -0.15) is 0 Å². The molecule has 0 bridgehead atoms. The molecule has 0 saturated heterocycles. The Morgan fingerprint density at radius 3 is 2.88 bits per heavy atom. The predicted octanol–water partition coefficient (Wildman–Crippen LogP) is 4.53. The van der Waals surface area contributed by atoms with Crippen molar-refractivity contribution in [3.63, 3.8) is 0 Å². The Kier molecular flexibility index (Phi) is 5.85. The molecule has 0 saturated carbocycles. The van der Waals surface area contributed by atoms with Gasteiger partial charge in [0.05, 0.1) is 10.6 Å². The highest BCUT2D eigenvalue weighted by Gasteiger charge is 2.24. The quantitative estimate of drug-likeness (QED) is 0.771. The van der Waals surface area contributed by atoms with Crippen molar-refractivity contribution in [2.45, 2.75) is 52.2 Å². The number of nitrogens with one attached hydrogen (secondary N) is 1. The first kappa shape index (κ1) is 18.9. The number of fused-ring (bicyclic) bond motifs is 3. The monoisotopic (exact) mass is 395 g/mol. The molecule has 7 heteroatoms. The Bertz CT molecular complexity index is 838. The number of aromatic amines is 1. The first-order chi connectivity index (χ1) is 11.9. The number of thiocarbonyl (C=S) groups is 1. The predicted molar refractivity (Wildman–Crippen MR) is 113 cm³/mol. The third kappa shape index (κ3) is 3.78. The van der Waals surface area contributed by atoms with Gasteiger partial charge >= 0.3 is 0 Å². The third-order valence-electron chi connectivity index (χ3n) is 4.87. The second-order valence-corrected chi connectivity index (χ2v) is 9.74. The average molecular weight is 396 g/mol.